The number of nitrogens with zero attached hydrogens (tertiary/aromatic N) is 3. The summed E-state index contributed by atoms with van der Waals surface area (Å²) in [7, 11) is 1.33. The van der Waals surface area contributed by atoms with E-state index in [4.69, 9.17) is 9.47 Å². The van der Waals surface area contributed by atoms with Crippen molar-refractivity contribution in [2.24, 2.45) is 0 Å². The molecule has 2 rings (SSSR count). The Morgan fingerprint density at radius 1 is 1.38 bits per heavy atom. The topological polar surface area (TPSA) is 104 Å². The highest BCUT2D eigenvalue weighted by Gasteiger charge is 2.21. The van der Waals surface area contributed by atoms with E-state index in [-0.39, 0.29) is 33.9 Å². The van der Waals surface area contributed by atoms with Crippen LogP contribution in [0, 0.1) is 10.1 Å². The second kappa shape index (κ2) is 6.00. The normalized spacial score (nSPS) is 10.4. The minimum Gasteiger partial charge on any atom is -0.479 e. The zero-order chi connectivity index (χ0) is 15.6. The van der Waals surface area contributed by atoms with Gasteiger partial charge in [-0.2, -0.15) is 0 Å². The van der Waals surface area contributed by atoms with Gasteiger partial charge in [0.15, 0.2) is 0 Å². The number of carbonyl (C=O) groups is 1. The van der Waals surface area contributed by atoms with Crippen molar-refractivity contribution in [2.75, 3.05) is 13.7 Å². The number of carbonyl (C=O) groups excluding carboxylic acids is 1. The summed E-state index contributed by atoms with van der Waals surface area (Å²) in [4.78, 5) is 30.3. The van der Waals surface area contributed by atoms with E-state index in [1.165, 1.54) is 19.2 Å². The maximum atomic E-state index is 11.8. The molecule has 0 N–H and O–H groups in total. The first-order valence-corrected chi connectivity index (χ1v) is 6.64. The van der Waals surface area contributed by atoms with Gasteiger partial charge in [-0.05, 0) is 28.9 Å². The Balaban J connectivity index is 2.67. The van der Waals surface area contributed by atoms with Gasteiger partial charge in [-0.15, -0.1) is 0 Å². The quantitative estimate of drug-likeness (QED) is 0.471. The van der Waals surface area contributed by atoms with E-state index in [0.717, 1.165) is 0 Å². The third-order valence-corrected chi connectivity index (χ3v) is 3.19. The Hall–Kier alpha value is -2.29. The average Bonchev–Trinajstić information content (AvgIpc) is 2.45. The van der Waals surface area contributed by atoms with Gasteiger partial charge >= 0.3 is 5.97 Å². The number of ether oxygens (including phenoxy) is 2. The maximum absolute atomic E-state index is 11.8. The highest BCUT2D eigenvalue weighted by atomic mass is 79.9. The lowest BCUT2D eigenvalue weighted by atomic mass is 10.2. The molecule has 9 heteroatoms. The number of fused-ring (bicyclic) bond motifs is 1. The van der Waals surface area contributed by atoms with Crippen LogP contribution in [0.1, 0.15) is 17.4 Å². The van der Waals surface area contributed by atoms with E-state index in [1.807, 2.05) is 0 Å². The number of halogens is 1. The largest absolute Gasteiger partial charge is 0.479 e. The molecule has 0 radical (unpaired) electrons. The van der Waals surface area contributed by atoms with Crippen molar-refractivity contribution in [1.82, 2.24) is 9.97 Å². The van der Waals surface area contributed by atoms with Gasteiger partial charge in [0.2, 0.25) is 11.6 Å². The highest BCUT2D eigenvalue weighted by Crippen LogP contribution is 2.30. The van der Waals surface area contributed by atoms with Gasteiger partial charge in [0.05, 0.1) is 34.1 Å². The van der Waals surface area contributed by atoms with E-state index in [0.29, 0.717) is 5.52 Å². The third kappa shape index (κ3) is 2.92. The van der Waals surface area contributed by atoms with E-state index in [1.54, 1.807) is 6.92 Å². The van der Waals surface area contributed by atoms with Gasteiger partial charge in [0.1, 0.15) is 0 Å². The zero-order valence-corrected chi connectivity index (χ0v) is 12.7. The van der Waals surface area contributed by atoms with E-state index in [9.17, 15) is 14.9 Å². The molecule has 0 bridgehead atoms. The molecule has 1 heterocycles. The molecule has 1 aromatic heterocycles. The number of nitro benzene ring substituents is 1. The van der Waals surface area contributed by atoms with Crippen molar-refractivity contribution in [1.29, 1.82) is 0 Å². The Labute approximate surface area is 127 Å². The zero-order valence-electron chi connectivity index (χ0n) is 11.1. The lowest BCUT2D eigenvalue weighted by Crippen LogP contribution is -2.10. The third-order valence-electron chi connectivity index (χ3n) is 2.56. The van der Waals surface area contributed by atoms with Gasteiger partial charge in [-0.1, -0.05) is 0 Å². The summed E-state index contributed by atoms with van der Waals surface area (Å²) in [5.41, 5.74) is 0.335. The molecule has 21 heavy (non-hydrogen) atoms. The molecule has 0 aliphatic carbocycles. The second-order valence-electron chi connectivity index (χ2n) is 3.85. The van der Waals surface area contributed by atoms with Gasteiger partial charge in [0.25, 0.3) is 5.69 Å². The number of rotatable bonds is 4. The molecule has 0 saturated heterocycles. The summed E-state index contributed by atoms with van der Waals surface area (Å²) in [6.07, 6.45) is 0. The predicted octanol–water partition coefficient (Wildman–Crippen LogP) is 2.49. The fraction of sp³-hybridized carbons (Fsp3) is 0.250. The van der Waals surface area contributed by atoms with Gasteiger partial charge < -0.3 is 9.47 Å². The summed E-state index contributed by atoms with van der Waals surface area (Å²) < 4.78 is 10.1. The van der Waals surface area contributed by atoms with E-state index >= 15 is 0 Å². The fourth-order valence-electron chi connectivity index (χ4n) is 1.66. The predicted molar refractivity (Wildman–Crippen MR) is 76.4 cm³/mol. The van der Waals surface area contributed by atoms with Crippen LogP contribution in [-0.4, -0.2) is 34.6 Å². The van der Waals surface area contributed by atoms with Crippen molar-refractivity contribution in [3.05, 3.63) is 32.4 Å². The molecular weight excluding hydrogens is 346 g/mol. The summed E-state index contributed by atoms with van der Waals surface area (Å²) in [5.74, 6) is -0.712. The number of aromatic nitrogens is 2. The number of benzene rings is 1. The molecule has 0 fully saturated rings. The van der Waals surface area contributed by atoms with E-state index in [2.05, 4.69) is 25.9 Å². The SMILES string of the molecule is CCOC(=O)c1nc2cc(Br)c([N+](=O)[O-])cc2nc1OC. The second-order valence-corrected chi connectivity index (χ2v) is 4.71. The first kappa shape index (κ1) is 15.1. The summed E-state index contributed by atoms with van der Waals surface area (Å²) in [6.45, 7) is 1.85. The Morgan fingerprint density at radius 3 is 2.62 bits per heavy atom. The Morgan fingerprint density at radius 2 is 2.05 bits per heavy atom. The van der Waals surface area contributed by atoms with Crippen molar-refractivity contribution in [3.63, 3.8) is 0 Å². The summed E-state index contributed by atoms with van der Waals surface area (Å²) in [6, 6.07) is 2.67. The van der Waals surface area contributed by atoms with Crippen molar-refractivity contribution < 1.29 is 19.2 Å². The molecule has 1 aromatic carbocycles. The Kier molecular flexibility index (Phi) is 4.32. The minimum atomic E-state index is -0.668. The van der Waals surface area contributed by atoms with Gasteiger partial charge in [0, 0.05) is 6.07 Å². The molecule has 2 aromatic rings. The van der Waals surface area contributed by atoms with Crippen molar-refractivity contribution >= 4 is 38.6 Å². The highest BCUT2D eigenvalue weighted by molar-refractivity contribution is 9.10. The smallest absolute Gasteiger partial charge is 0.362 e. The molecular formula is C12H10BrN3O5. The maximum Gasteiger partial charge on any atom is 0.362 e. The minimum absolute atomic E-state index is 0.0439. The molecule has 0 aliphatic rings. The number of nitro groups is 1. The van der Waals surface area contributed by atoms with Crippen LogP contribution in [0.25, 0.3) is 11.0 Å². The number of methoxy groups -OCH3 is 1. The molecule has 0 aliphatic heterocycles. The number of esters is 1. The molecule has 0 atom stereocenters. The van der Waals surface area contributed by atoms with Crippen LogP contribution in [0.15, 0.2) is 16.6 Å². The molecule has 0 saturated carbocycles. The summed E-state index contributed by atoms with van der Waals surface area (Å²) >= 11 is 3.09. The number of hydrogen-bond acceptors (Lipinski definition) is 7. The molecule has 0 amide bonds. The van der Waals surface area contributed by atoms with Gasteiger partial charge in [-0.25, -0.2) is 14.8 Å². The first-order chi connectivity index (χ1) is 9.97. The Bertz CT molecular complexity index is 734. The molecule has 110 valence electrons. The van der Waals surface area contributed by atoms with Crippen LogP contribution < -0.4 is 4.74 Å². The van der Waals surface area contributed by atoms with Crippen LogP contribution in [0.3, 0.4) is 0 Å². The monoisotopic (exact) mass is 355 g/mol. The average molecular weight is 356 g/mol. The van der Waals surface area contributed by atoms with Crippen molar-refractivity contribution in [3.8, 4) is 5.88 Å². The van der Waals surface area contributed by atoms with Gasteiger partial charge in [-0.3, -0.25) is 10.1 Å². The van der Waals surface area contributed by atoms with Crippen LogP contribution in [-0.2, 0) is 4.74 Å². The summed E-state index contributed by atoms with van der Waals surface area (Å²) in [5, 5.41) is 10.9. The lowest BCUT2D eigenvalue weighted by Gasteiger charge is -2.08. The lowest BCUT2D eigenvalue weighted by molar-refractivity contribution is -0.385. The fourth-order valence-corrected chi connectivity index (χ4v) is 2.14. The van der Waals surface area contributed by atoms with Crippen LogP contribution in [0.5, 0.6) is 5.88 Å². The van der Waals surface area contributed by atoms with Crippen molar-refractivity contribution in [2.45, 2.75) is 6.92 Å². The molecule has 8 nitrogen and oxygen atoms in total. The number of hydrogen-bond donors (Lipinski definition) is 0. The first-order valence-electron chi connectivity index (χ1n) is 5.84. The molecule has 0 spiro atoms. The van der Waals surface area contributed by atoms with Crippen LogP contribution in [0.2, 0.25) is 0 Å². The van der Waals surface area contributed by atoms with Crippen LogP contribution in [0.4, 0.5) is 5.69 Å². The van der Waals surface area contributed by atoms with E-state index < -0.39 is 10.9 Å². The standard InChI is InChI=1S/C12H10BrN3O5/c1-3-21-12(17)10-11(20-2)15-8-5-9(16(18)19)6(13)4-7(8)14-10/h4-5H,3H2,1-2H3. The molecule has 0 unspecified atom stereocenters. The van der Waals surface area contributed by atoms with Crippen LogP contribution >= 0.6 is 15.9 Å².